The number of rotatable bonds is 6. The average Bonchev–Trinajstić information content (AvgIpc) is 2.57. The van der Waals surface area contributed by atoms with Crippen LogP contribution in [0.4, 0.5) is 4.79 Å². The predicted octanol–water partition coefficient (Wildman–Crippen LogP) is 4.68. The molecular formula is C21H33BrN2O3. The van der Waals surface area contributed by atoms with Crippen LogP contribution in [0, 0.1) is 19.8 Å². The monoisotopic (exact) mass is 440 g/mol. The minimum atomic E-state index is -0.445. The van der Waals surface area contributed by atoms with Gasteiger partial charge in [0.1, 0.15) is 18.0 Å². The molecule has 152 valence electrons. The van der Waals surface area contributed by atoms with Crippen molar-refractivity contribution >= 4 is 22.0 Å². The fourth-order valence-electron chi connectivity index (χ4n) is 3.24. The van der Waals surface area contributed by atoms with E-state index < -0.39 is 5.60 Å². The van der Waals surface area contributed by atoms with Gasteiger partial charge in [0.05, 0.1) is 0 Å². The minimum Gasteiger partial charge on any atom is -0.492 e. The van der Waals surface area contributed by atoms with Crippen LogP contribution in [0.15, 0.2) is 16.6 Å². The SMILES string of the molecule is Cc1cc(OCCN2CCC(CNC(=O)OC(C)(C)C)CC2)cc(C)c1Br. The summed E-state index contributed by atoms with van der Waals surface area (Å²) in [5.74, 6) is 1.45. The van der Waals surface area contributed by atoms with Crippen LogP contribution in [-0.2, 0) is 4.74 Å². The van der Waals surface area contributed by atoms with Crippen LogP contribution >= 0.6 is 15.9 Å². The predicted molar refractivity (Wildman–Crippen MR) is 113 cm³/mol. The molecule has 1 aromatic rings. The number of carbonyl (C=O) groups excluding carboxylic acids is 1. The summed E-state index contributed by atoms with van der Waals surface area (Å²) in [4.78, 5) is 14.2. The van der Waals surface area contributed by atoms with E-state index in [9.17, 15) is 4.79 Å². The van der Waals surface area contributed by atoms with Crippen LogP contribution in [0.3, 0.4) is 0 Å². The van der Waals surface area contributed by atoms with Crippen LogP contribution < -0.4 is 10.1 Å². The molecule has 1 aliphatic rings. The Morgan fingerprint density at radius 3 is 2.37 bits per heavy atom. The number of alkyl carbamates (subject to hydrolysis) is 1. The molecule has 0 bridgehead atoms. The van der Waals surface area contributed by atoms with Crippen molar-refractivity contribution in [2.24, 2.45) is 5.92 Å². The molecule has 0 saturated carbocycles. The lowest BCUT2D eigenvalue weighted by molar-refractivity contribution is 0.0509. The summed E-state index contributed by atoms with van der Waals surface area (Å²) in [6, 6.07) is 4.15. The molecule has 1 N–H and O–H groups in total. The molecule has 0 unspecified atom stereocenters. The van der Waals surface area contributed by atoms with E-state index in [4.69, 9.17) is 9.47 Å². The number of benzene rings is 1. The van der Waals surface area contributed by atoms with Gasteiger partial charge in [-0.25, -0.2) is 4.79 Å². The lowest BCUT2D eigenvalue weighted by Crippen LogP contribution is -2.41. The van der Waals surface area contributed by atoms with Gasteiger partial charge >= 0.3 is 6.09 Å². The molecule has 0 spiro atoms. The zero-order valence-electron chi connectivity index (χ0n) is 17.2. The molecule has 0 atom stereocenters. The number of aryl methyl sites for hydroxylation is 2. The van der Waals surface area contributed by atoms with E-state index in [2.05, 4.69) is 52.1 Å². The maximum Gasteiger partial charge on any atom is 0.407 e. The smallest absolute Gasteiger partial charge is 0.407 e. The van der Waals surface area contributed by atoms with Gasteiger partial charge in [-0.2, -0.15) is 0 Å². The molecule has 6 heteroatoms. The highest BCUT2D eigenvalue weighted by atomic mass is 79.9. The Labute approximate surface area is 171 Å². The summed E-state index contributed by atoms with van der Waals surface area (Å²) < 4.78 is 12.4. The highest BCUT2D eigenvalue weighted by Gasteiger charge is 2.21. The standard InChI is InChI=1S/C21H33BrN2O3/c1-15-12-18(13-16(2)19(15)22)26-11-10-24-8-6-17(7-9-24)14-23-20(25)27-21(3,4)5/h12-13,17H,6-11,14H2,1-5H3,(H,23,25). The van der Waals surface area contributed by atoms with Crippen LogP contribution in [0.5, 0.6) is 5.75 Å². The fourth-order valence-corrected chi connectivity index (χ4v) is 3.47. The Kier molecular flexibility index (Phi) is 7.98. The quantitative estimate of drug-likeness (QED) is 0.697. The van der Waals surface area contributed by atoms with Gasteiger partial charge in [0.2, 0.25) is 0 Å². The number of ether oxygens (including phenoxy) is 2. The third-order valence-electron chi connectivity index (χ3n) is 4.73. The number of carbonyl (C=O) groups is 1. The summed E-state index contributed by atoms with van der Waals surface area (Å²) >= 11 is 3.59. The van der Waals surface area contributed by atoms with E-state index in [1.54, 1.807) is 0 Å². The number of piperidine rings is 1. The van der Waals surface area contributed by atoms with Crippen molar-refractivity contribution < 1.29 is 14.3 Å². The average molecular weight is 441 g/mol. The number of amides is 1. The van der Waals surface area contributed by atoms with Crippen molar-refractivity contribution in [3.05, 3.63) is 27.7 Å². The molecule has 2 rings (SSSR count). The molecule has 1 aliphatic heterocycles. The largest absolute Gasteiger partial charge is 0.492 e. The molecule has 0 aliphatic carbocycles. The molecule has 1 aromatic carbocycles. The Bertz CT molecular complexity index is 612. The highest BCUT2D eigenvalue weighted by Crippen LogP contribution is 2.26. The van der Waals surface area contributed by atoms with Gasteiger partial charge in [-0.1, -0.05) is 15.9 Å². The van der Waals surface area contributed by atoms with Crippen molar-refractivity contribution in [2.75, 3.05) is 32.8 Å². The normalized spacial score (nSPS) is 16.2. The van der Waals surface area contributed by atoms with E-state index in [0.29, 0.717) is 19.1 Å². The lowest BCUT2D eigenvalue weighted by atomic mass is 9.97. The van der Waals surface area contributed by atoms with Crippen LogP contribution in [0.2, 0.25) is 0 Å². The Balaban J connectivity index is 1.64. The van der Waals surface area contributed by atoms with E-state index in [0.717, 1.165) is 42.7 Å². The molecular weight excluding hydrogens is 408 g/mol. The van der Waals surface area contributed by atoms with Gasteiger partial charge in [-0.05, 0) is 89.7 Å². The number of halogens is 1. The third kappa shape index (κ3) is 7.70. The first-order valence-electron chi connectivity index (χ1n) is 9.73. The van der Waals surface area contributed by atoms with Gasteiger partial charge in [-0.15, -0.1) is 0 Å². The number of hydrogen-bond donors (Lipinski definition) is 1. The van der Waals surface area contributed by atoms with E-state index in [1.807, 2.05) is 20.8 Å². The summed E-state index contributed by atoms with van der Waals surface area (Å²) in [6.07, 6.45) is 1.86. The van der Waals surface area contributed by atoms with Gasteiger partial charge in [-0.3, -0.25) is 4.90 Å². The zero-order valence-corrected chi connectivity index (χ0v) is 18.8. The Morgan fingerprint density at radius 1 is 1.22 bits per heavy atom. The van der Waals surface area contributed by atoms with Gasteiger partial charge < -0.3 is 14.8 Å². The van der Waals surface area contributed by atoms with Crippen LogP contribution in [0.1, 0.15) is 44.7 Å². The molecule has 1 heterocycles. The third-order valence-corrected chi connectivity index (χ3v) is 5.98. The van der Waals surface area contributed by atoms with Gasteiger partial charge in [0, 0.05) is 17.6 Å². The number of nitrogens with zero attached hydrogens (tertiary/aromatic N) is 1. The van der Waals surface area contributed by atoms with Gasteiger partial charge in [0.15, 0.2) is 0 Å². The number of hydrogen-bond acceptors (Lipinski definition) is 4. The maximum atomic E-state index is 11.7. The fraction of sp³-hybridized carbons (Fsp3) is 0.667. The number of likely N-dealkylation sites (tertiary alicyclic amines) is 1. The maximum absolute atomic E-state index is 11.7. The van der Waals surface area contributed by atoms with E-state index >= 15 is 0 Å². The van der Waals surface area contributed by atoms with Gasteiger partial charge in [0.25, 0.3) is 0 Å². The highest BCUT2D eigenvalue weighted by molar-refractivity contribution is 9.10. The molecule has 1 fully saturated rings. The van der Waals surface area contributed by atoms with Crippen LogP contribution in [-0.4, -0.2) is 49.4 Å². The Hall–Kier alpha value is -1.27. The first-order chi connectivity index (χ1) is 12.6. The minimum absolute atomic E-state index is 0.321. The van der Waals surface area contributed by atoms with Crippen molar-refractivity contribution in [3.8, 4) is 5.75 Å². The molecule has 1 saturated heterocycles. The first kappa shape index (κ1) is 22.0. The molecule has 0 aromatic heterocycles. The summed E-state index contributed by atoms with van der Waals surface area (Å²) in [5.41, 5.74) is 1.95. The molecule has 5 nitrogen and oxygen atoms in total. The van der Waals surface area contributed by atoms with Crippen LogP contribution in [0.25, 0.3) is 0 Å². The second-order valence-corrected chi connectivity index (χ2v) is 9.18. The summed E-state index contributed by atoms with van der Waals surface area (Å²) in [7, 11) is 0. The molecule has 1 amide bonds. The molecule has 27 heavy (non-hydrogen) atoms. The molecule has 0 radical (unpaired) electrons. The zero-order chi connectivity index (χ0) is 20.0. The van der Waals surface area contributed by atoms with Crippen molar-refractivity contribution in [2.45, 2.75) is 53.1 Å². The van der Waals surface area contributed by atoms with E-state index in [-0.39, 0.29) is 6.09 Å². The topological polar surface area (TPSA) is 50.8 Å². The van der Waals surface area contributed by atoms with E-state index in [1.165, 1.54) is 11.1 Å². The Morgan fingerprint density at radius 2 is 1.81 bits per heavy atom. The second kappa shape index (κ2) is 9.78. The first-order valence-corrected chi connectivity index (χ1v) is 10.5. The van der Waals surface area contributed by atoms with Crippen molar-refractivity contribution in [3.63, 3.8) is 0 Å². The van der Waals surface area contributed by atoms with Crippen molar-refractivity contribution in [1.29, 1.82) is 0 Å². The summed E-state index contributed by atoms with van der Waals surface area (Å²) in [6.45, 7) is 14.2. The van der Waals surface area contributed by atoms with Crippen molar-refractivity contribution in [1.82, 2.24) is 10.2 Å². The second-order valence-electron chi connectivity index (χ2n) is 8.39. The number of nitrogens with one attached hydrogen (secondary N) is 1. The lowest BCUT2D eigenvalue weighted by Gasteiger charge is -2.32. The summed E-state index contributed by atoms with van der Waals surface area (Å²) in [5, 5.41) is 2.90.